The van der Waals surface area contributed by atoms with Crippen molar-refractivity contribution in [1.82, 2.24) is 0 Å². The van der Waals surface area contributed by atoms with Gasteiger partial charge in [-0.2, -0.15) is 0 Å². The zero-order valence-electron chi connectivity index (χ0n) is 7.34. The molecule has 4 heteroatoms. The molecule has 0 atom stereocenters. The summed E-state index contributed by atoms with van der Waals surface area (Å²) in [7, 11) is -3.31. The second-order valence-corrected chi connectivity index (χ2v) is 4.23. The van der Waals surface area contributed by atoms with Crippen molar-refractivity contribution in [3.63, 3.8) is 0 Å². The van der Waals surface area contributed by atoms with Crippen LogP contribution in [0.2, 0.25) is 0 Å². The maximum Gasteiger partial charge on any atom is 0.216 e. The third-order valence-electron chi connectivity index (χ3n) is 1.47. The average Bonchev–Trinajstić information content (AvgIpc) is 2.16. The fourth-order valence-electron chi connectivity index (χ4n) is 0.844. The third-order valence-corrected chi connectivity index (χ3v) is 2.82. The van der Waals surface area contributed by atoms with E-state index in [1.165, 1.54) is 0 Å². The normalized spacial score (nSPS) is 12.1. The van der Waals surface area contributed by atoms with Crippen LogP contribution >= 0.6 is 0 Å². The SMILES string of the molecule is CCN=CS(=O)(=O)c1ccccc1. The first-order chi connectivity index (χ1) is 6.17. The molecule has 0 heterocycles. The summed E-state index contributed by atoms with van der Waals surface area (Å²) in [6.07, 6.45) is 0. The minimum Gasteiger partial charge on any atom is -0.281 e. The van der Waals surface area contributed by atoms with Gasteiger partial charge in [0, 0.05) is 6.54 Å². The number of rotatable bonds is 3. The molecule has 0 saturated heterocycles. The maximum atomic E-state index is 11.4. The van der Waals surface area contributed by atoms with Crippen LogP contribution in [-0.2, 0) is 9.84 Å². The summed E-state index contributed by atoms with van der Waals surface area (Å²) in [5.74, 6) is 0. The van der Waals surface area contributed by atoms with Gasteiger partial charge in [0.25, 0.3) is 0 Å². The highest BCUT2D eigenvalue weighted by molar-refractivity contribution is 8.04. The zero-order valence-corrected chi connectivity index (χ0v) is 8.16. The molecule has 3 nitrogen and oxygen atoms in total. The lowest BCUT2D eigenvalue weighted by molar-refractivity contribution is 0.608. The molecular weight excluding hydrogens is 186 g/mol. The topological polar surface area (TPSA) is 46.5 Å². The van der Waals surface area contributed by atoms with Gasteiger partial charge in [0.15, 0.2) is 0 Å². The number of hydrogen-bond donors (Lipinski definition) is 0. The van der Waals surface area contributed by atoms with E-state index in [0.29, 0.717) is 6.54 Å². The predicted octanol–water partition coefficient (Wildman–Crippen LogP) is 1.51. The van der Waals surface area contributed by atoms with Crippen LogP contribution in [-0.4, -0.2) is 20.5 Å². The first-order valence-corrected chi connectivity index (χ1v) is 5.51. The van der Waals surface area contributed by atoms with E-state index in [1.807, 2.05) is 0 Å². The molecular formula is C9H11NO2S. The molecule has 0 N–H and O–H groups in total. The van der Waals surface area contributed by atoms with Crippen LogP contribution in [0.25, 0.3) is 0 Å². The van der Waals surface area contributed by atoms with Gasteiger partial charge in [-0.3, -0.25) is 4.99 Å². The largest absolute Gasteiger partial charge is 0.281 e. The second kappa shape index (κ2) is 4.18. The molecule has 1 aromatic rings. The van der Waals surface area contributed by atoms with E-state index in [0.717, 1.165) is 5.55 Å². The molecule has 0 saturated carbocycles. The third kappa shape index (κ3) is 2.66. The van der Waals surface area contributed by atoms with Crippen molar-refractivity contribution in [3.8, 4) is 0 Å². The van der Waals surface area contributed by atoms with E-state index in [2.05, 4.69) is 4.99 Å². The summed E-state index contributed by atoms with van der Waals surface area (Å²) in [4.78, 5) is 3.99. The smallest absolute Gasteiger partial charge is 0.216 e. The van der Waals surface area contributed by atoms with Crippen molar-refractivity contribution in [2.75, 3.05) is 6.54 Å². The van der Waals surface area contributed by atoms with Crippen molar-refractivity contribution < 1.29 is 8.42 Å². The van der Waals surface area contributed by atoms with Crippen molar-refractivity contribution in [3.05, 3.63) is 30.3 Å². The fraction of sp³-hybridized carbons (Fsp3) is 0.222. The molecule has 13 heavy (non-hydrogen) atoms. The first kappa shape index (κ1) is 9.92. The molecule has 0 radical (unpaired) electrons. The summed E-state index contributed by atoms with van der Waals surface area (Å²) >= 11 is 0. The van der Waals surface area contributed by atoms with E-state index >= 15 is 0 Å². The van der Waals surface area contributed by atoms with Crippen molar-refractivity contribution in [1.29, 1.82) is 0 Å². The van der Waals surface area contributed by atoms with Gasteiger partial charge in [0.05, 0.1) is 4.90 Å². The van der Waals surface area contributed by atoms with Gasteiger partial charge in [-0.15, -0.1) is 0 Å². The highest BCUT2D eigenvalue weighted by Crippen LogP contribution is 2.07. The van der Waals surface area contributed by atoms with Crippen molar-refractivity contribution in [2.45, 2.75) is 11.8 Å². The molecule has 1 aromatic carbocycles. The van der Waals surface area contributed by atoms with Gasteiger partial charge in [0.2, 0.25) is 9.84 Å². The molecule has 0 aromatic heterocycles. The van der Waals surface area contributed by atoms with Crippen LogP contribution in [0, 0.1) is 0 Å². The average molecular weight is 197 g/mol. The van der Waals surface area contributed by atoms with Gasteiger partial charge < -0.3 is 0 Å². The summed E-state index contributed by atoms with van der Waals surface area (Å²) in [5, 5.41) is 0. The van der Waals surface area contributed by atoms with Gasteiger partial charge >= 0.3 is 0 Å². The number of hydrogen-bond acceptors (Lipinski definition) is 3. The van der Waals surface area contributed by atoms with Crippen LogP contribution in [0.3, 0.4) is 0 Å². The molecule has 0 fully saturated rings. The highest BCUT2D eigenvalue weighted by atomic mass is 32.2. The highest BCUT2D eigenvalue weighted by Gasteiger charge is 2.08. The fourth-order valence-corrected chi connectivity index (χ4v) is 1.85. The Morgan fingerprint density at radius 1 is 1.31 bits per heavy atom. The molecule has 0 unspecified atom stereocenters. The summed E-state index contributed by atoms with van der Waals surface area (Å²) in [6.45, 7) is 2.27. The Hall–Kier alpha value is -1.16. The lowest BCUT2D eigenvalue weighted by Crippen LogP contribution is -2.01. The van der Waals surface area contributed by atoms with Crippen LogP contribution in [0.1, 0.15) is 6.92 Å². The number of aliphatic imine (C=N–C) groups is 1. The van der Waals surface area contributed by atoms with Crippen LogP contribution in [0.15, 0.2) is 40.2 Å². The van der Waals surface area contributed by atoms with E-state index in [1.54, 1.807) is 37.3 Å². The van der Waals surface area contributed by atoms with E-state index in [-0.39, 0.29) is 4.90 Å². The summed E-state index contributed by atoms with van der Waals surface area (Å²) in [6, 6.07) is 8.25. The Labute approximate surface area is 78.0 Å². The van der Waals surface area contributed by atoms with E-state index in [4.69, 9.17) is 0 Å². The Morgan fingerprint density at radius 2 is 1.92 bits per heavy atom. The van der Waals surface area contributed by atoms with Crippen molar-refractivity contribution >= 4 is 15.4 Å². The Balaban J connectivity index is 3.02. The molecule has 0 bridgehead atoms. The van der Waals surface area contributed by atoms with Crippen LogP contribution in [0.5, 0.6) is 0 Å². The van der Waals surface area contributed by atoms with E-state index in [9.17, 15) is 8.42 Å². The monoisotopic (exact) mass is 197 g/mol. The predicted molar refractivity (Wildman–Crippen MR) is 52.7 cm³/mol. The molecule has 1 rings (SSSR count). The van der Waals surface area contributed by atoms with Gasteiger partial charge in [0.1, 0.15) is 5.55 Å². The minimum absolute atomic E-state index is 0.284. The van der Waals surface area contributed by atoms with Crippen LogP contribution in [0.4, 0.5) is 0 Å². The van der Waals surface area contributed by atoms with Gasteiger partial charge in [-0.05, 0) is 19.1 Å². The molecule has 0 aliphatic carbocycles. The van der Waals surface area contributed by atoms with Gasteiger partial charge in [-0.1, -0.05) is 18.2 Å². The van der Waals surface area contributed by atoms with Gasteiger partial charge in [-0.25, -0.2) is 8.42 Å². The second-order valence-electron chi connectivity index (χ2n) is 2.46. The molecule has 0 spiro atoms. The lowest BCUT2D eigenvalue weighted by atomic mass is 10.4. The van der Waals surface area contributed by atoms with E-state index < -0.39 is 9.84 Å². The Morgan fingerprint density at radius 3 is 2.46 bits per heavy atom. The summed E-state index contributed by atoms with van der Waals surface area (Å²) in [5.41, 5.74) is 1.00. The molecule has 0 aliphatic rings. The lowest BCUT2D eigenvalue weighted by Gasteiger charge is -1.95. The minimum atomic E-state index is -3.31. The maximum absolute atomic E-state index is 11.4. The molecule has 0 amide bonds. The molecule has 70 valence electrons. The Kier molecular flexibility index (Phi) is 3.19. The number of nitrogens with zero attached hydrogens (tertiary/aromatic N) is 1. The number of sulfone groups is 1. The summed E-state index contributed by atoms with van der Waals surface area (Å²) < 4.78 is 22.9. The zero-order chi connectivity index (χ0) is 9.73. The quantitative estimate of drug-likeness (QED) is 0.544. The Bertz CT molecular complexity index is 381. The standard InChI is InChI=1S/C9H11NO2S/c1-2-10-8-13(11,12)9-6-4-3-5-7-9/h3-8H,2H2,1H3. The first-order valence-electron chi connectivity index (χ1n) is 3.97. The molecule has 0 aliphatic heterocycles. The van der Waals surface area contributed by atoms with Crippen LogP contribution < -0.4 is 0 Å². The van der Waals surface area contributed by atoms with Crippen molar-refractivity contribution in [2.24, 2.45) is 4.99 Å². The number of benzene rings is 1.